The highest BCUT2D eigenvalue weighted by Gasteiger charge is 2.21. The van der Waals surface area contributed by atoms with Crippen molar-refractivity contribution in [1.82, 2.24) is 24.4 Å². The smallest absolute Gasteiger partial charge is 0.274 e. The molecule has 4 rings (SSSR count). The van der Waals surface area contributed by atoms with Crippen molar-refractivity contribution < 1.29 is 4.79 Å². The van der Waals surface area contributed by atoms with Crippen molar-refractivity contribution in [2.75, 3.05) is 19.6 Å². The molecule has 2 aromatic heterocycles. The van der Waals surface area contributed by atoms with E-state index in [1.165, 1.54) is 10.6 Å². The first-order chi connectivity index (χ1) is 16.9. The summed E-state index contributed by atoms with van der Waals surface area (Å²) in [7, 11) is 0. The lowest BCUT2D eigenvalue weighted by atomic mass is 10.0. The van der Waals surface area contributed by atoms with E-state index in [1.807, 2.05) is 72.2 Å². The van der Waals surface area contributed by atoms with Crippen molar-refractivity contribution in [1.29, 1.82) is 0 Å². The van der Waals surface area contributed by atoms with Crippen molar-refractivity contribution in [3.8, 4) is 11.3 Å². The molecule has 0 bridgehead atoms. The van der Waals surface area contributed by atoms with Gasteiger partial charge < -0.3 is 9.88 Å². The maximum atomic E-state index is 13.1. The standard InChI is InChI=1S/C27H30ClN5O2/c1-4-31(5-2)24(21-13-9-10-14-22(21)28)17-29-25(34)18-32-19(3)15-27(35)33-26(32)16-23(30-33)20-11-7-6-8-12-20/h6-16,24H,4-5,17-18H2,1-3H3,(H,29,34). The molecule has 1 N–H and O–H groups in total. The molecule has 8 heteroatoms. The highest BCUT2D eigenvalue weighted by molar-refractivity contribution is 6.31. The van der Waals surface area contributed by atoms with Crippen molar-refractivity contribution in [2.45, 2.75) is 33.4 Å². The number of fused-ring (bicyclic) bond motifs is 1. The molecule has 2 heterocycles. The molecule has 2 aromatic carbocycles. The molecule has 0 aliphatic carbocycles. The maximum Gasteiger partial charge on any atom is 0.274 e. The Balaban J connectivity index is 1.59. The average Bonchev–Trinajstić information content (AvgIpc) is 3.32. The fraction of sp³-hybridized carbons (Fsp3) is 0.296. The van der Waals surface area contributed by atoms with E-state index < -0.39 is 0 Å². The SMILES string of the molecule is CCN(CC)C(CNC(=O)Cn1c(C)cc(=O)n2nc(-c3ccccc3)cc12)c1ccccc1Cl. The Bertz CT molecular complexity index is 1380. The summed E-state index contributed by atoms with van der Waals surface area (Å²) in [4.78, 5) is 28.0. The second kappa shape index (κ2) is 10.9. The number of carbonyl (C=O) groups excluding carboxylic acids is 1. The van der Waals surface area contributed by atoms with Crippen molar-refractivity contribution in [3.63, 3.8) is 0 Å². The van der Waals surface area contributed by atoms with Gasteiger partial charge in [-0.2, -0.15) is 9.61 Å². The summed E-state index contributed by atoms with van der Waals surface area (Å²) in [5, 5.41) is 8.26. The van der Waals surface area contributed by atoms with E-state index in [0.717, 1.165) is 24.2 Å². The molecule has 0 fully saturated rings. The minimum Gasteiger partial charge on any atom is -0.353 e. The number of carbonyl (C=O) groups is 1. The van der Waals surface area contributed by atoms with Gasteiger partial charge in [0, 0.05) is 35.0 Å². The Labute approximate surface area is 210 Å². The molecule has 1 atom stereocenters. The molecule has 182 valence electrons. The quantitative estimate of drug-likeness (QED) is 0.378. The van der Waals surface area contributed by atoms with Gasteiger partial charge in [0.2, 0.25) is 5.91 Å². The number of rotatable bonds is 9. The lowest BCUT2D eigenvalue weighted by molar-refractivity contribution is -0.121. The van der Waals surface area contributed by atoms with Crippen LogP contribution < -0.4 is 10.9 Å². The van der Waals surface area contributed by atoms with Crippen LogP contribution in [-0.4, -0.2) is 44.6 Å². The summed E-state index contributed by atoms with van der Waals surface area (Å²) in [5.74, 6) is -0.148. The molecule has 0 aliphatic heterocycles. The molecule has 0 spiro atoms. The van der Waals surface area contributed by atoms with E-state index in [9.17, 15) is 9.59 Å². The van der Waals surface area contributed by atoms with Gasteiger partial charge in [-0.3, -0.25) is 14.5 Å². The zero-order chi connectivity index (χ0) is 24.9. The van der Waals surface area contributed by atoms with E-state index in [1.54, 1.807) is 0 Å². The highest BCUT2D eigenvalue weighted by atomic mass is 35.5. The number of hydrogen-bond acceptors (Lipinski definition) is 4. The Morgan fingerprint density at radius 1 is 1.06 bits per heavy atom. The van der Waals surface area contributed by atoms with Gasteiger partial charge in [0.15, 0.2) is 0 Å². The predicted octanol–water partition coefficient (Wildman–Crippen LogP) is 4.32. The van der Waals surface area contributed by atoms with Gasteiger partial charge in [-0.1, -0.05) is 74.0 Å². The lowest BCUT2D eigenvalue weighted by Crippen LogP contribution is -2.39. The molecular formula is C27H30ClN5O2. The van der Waals surface area contributed by atoms with Crippen LogP contribution in [0.4, 0.5) is 0 Å². The first kappa shape index (κ1) is 24.7. The number of benzene rings is 2. The second-order valence-corrected chi connectivity index (χ2v) is 8.85. The largest absolute Gasteiger partial charge is 0.353 e. The molecule has 4 aromatic rings. The number of aryl methyl sites for hydroxylation is 1. The molecule has 0 saturated heterocycles. The van der Waals surface area contributed by atoms with E-state index in [0.29, 0.717) is 28.6 Å². The van der Waals surface area contributed by atoms with E-state index in [2.05, 4.69) is 29.2 Å². The zero-order valence-electron chi connectivity index (χ0n) is 20.2. The lowest BCUT2D eigenvalue weighted by Gasteiger charge is -2.31. The molecule has 1 amide bonds. The number of aromatic nitrogens is 3. The Morgan fingerprint density at radius 2 is 1.74 bits per heavy atom. The van der Waals surface area contributed by atoms with Crippen LogP contribution >= 0.6 is 11.6 Å². The molecule has 1 unspecified atom stereocenters. The number of nitrogens with zero attached hydrogens (tertiary/aromatic N) is 4. The fourth-order valence-corrected chi connectivity index (χ4v) is 4.70. The number of hydrogen-bond donors (Lipinski definition) is 1. The van der Waals surface area contributed by atoms with E-state index in [4.69, 9.17) is 11.6 Å². The van der Waals surface area contributed by atoms with Crippen LogP contribution in [0.5, 0.6) is 0 Å². The van der Waals surface area contributed by atoms with E-state index >= 15 is 0 Å². The van der Waals surface area contributed by atoms with Crippen LogP contribution in [0.1, 0.15) is 31.1 Å². The third-order valence-corrected chi connectivity index (χ3v) is 6.66. The molecular weight excluding hydrogens is 462 g/mol. The number of halogens is 1. The summed E-state index contributed by atoms with van der Waals surface area (Å²) < 4.78 is 3.17. The summed E-state index contributed by atoms with van der Waals surface area (Å²) in [6.07, 6.45) is 0. The van der Waals surface area contributed by atoms with Gasteiger partial charge in [-0.25, -0.2) is 0 Å². The fourth-order valence-electron chi connectivity index (χ4n) is 4.44. The average molecular weight is 492 g/mol. The predicted molar refractivity (Wildman–Crippen MR) is 140 cm³/mol. The third kappa shape index (κ3) is 5.31. The van der Waals surface area contributed by atoms with Crippen LogP contribution in [0, 0.1) is 6.92 Å². The molecule has 35 heavy (non-hydrogen) atoms. The topological polar surface area (TPSA) is 71.6 Å². The van der Waals surface area contributed by atoms with Crippen LogP contribution in [0.25, 0.3) is 16.9 Å². The monoisotopic (exact) mass is 491 g/mol. The van der Waals surface area contributed by atoms with Crippen LogP contribution in [-0.2, 0) is 11.3 Å². The van der Waals surface area contributed by atoms with Crippen LogP contribution in [0.2, 0.25) is 5.02 Å². The Hall–Kier alpha value is -3.42. The third-order valence-electron chi connectivity index (χ3n) is 6.32. The molecule has 0 radical (unpaired) electrons. The maximum absolute atomic E-state index is 13.1. The van der Waals surface area contributed by atoms with Gasteiger partial charge in [0.25, 0.3) is 5.56 Å². The van der Waals surface area contributed by atoms with Gasteiger partial charge >= 0.3 is 0 Å². The van der Waals surface area contributed by atoms with Crippen LogP contribution in [0.3, 0.4) is 0 Å². The Kier molecular flexibility index (Phi) is 7.68. The molecule has 0 saturated carbocycles. The van der Waals surface area contributed by atoms with Gasteiger partial charge in [0.1, 0.15) is 12.2 Å². The highest BCUT2D eigenvalue weighted by Crippen LogP contribution is 2.27. The minimum atomic E-state index is -0.225. The first-order valence-electron chi connectivity index (χ1n) is 11.8. The zero-order valence-corrected chi connectivity index (χ0v) is 21.0. The number of likely N-dealkylation sites (N-methyl/N-ethyl adjacent to an activating group) is 1. The number of amides is 1. The van der Waals surface area contributed by atoms with Gasteiger partial charge in [0.05, 0.1) is 11.7 Å². The van der Waals surface area contributed by atoms with Gasteiger partial charge in [-0.15, -0.1) is 0 Å². The van der Waals surface area contributed by atoms with E-state index in [-0.39, 0.29) is 24.1 Å². The Morgan fingerprint density at radius 3 is 2.43 bits per heavy atom. The summed E-state index contributed by atoms with van der Waals surface area (Å²) >= 11 is 6.49. The summed E-state index contributed by atoms with van der Waals surface area (Å²) in [6, 6.07) is 20.7. The molecule has 0 aliphatic rings. The van der Waals surface area contributed by atoms with Crippen molar-refractivity contribution >= 4 is 23.2 Å². The van der Waals surface area contributed by atoms with Crippen LogP contribution in [0.15, 0.2) is 71.5 Å². The summed E-state index contributed by atoms with van der Waals surface area (Å²) in [5.41, 5.74) is 3.63. The second-order valence-electron chi connectivity index (χ2n) is 8.44. The summed E-state index contributed by atoms with van der Waals surface area (Å²) in [6.45, 7) is 8.18. The normalized spacial score (nSPS) is 12.3. The minimum absolute atomic E-state index is 0.0440. The first-order valence-corrected chi connectivity index (χ1v) is 12.2. The van der Waals surface area contributed by atoms with Gasteiger partial charge in [-0.05, 0) is 31.6 Å². The molecule has 7 nitrogen and oxygen atoms in total. The number of nitrogens with one attached hydrogen (secondary N) is 1. The van der Waals surface area contributed by atoms with Crippen molar-refractivity contribution in [2.24, 2.45) is 0 Å². The van der Waals surface area contributed by atoms with Crippen molar-refractivity contribution in [3.05, 3.63) is 93.4 Å².